The zero-order valence-corrected chi connectivity index (χ0v) is 15.5. The fourth-order valence-corrected chi connectivity index (χ4v) is 3.89. The highest BCUT2D eigenvalue weighted by molar-refractivity contribution is 6.35. The first-order valence-electron chi connectivity index (χ1n) is 8.74. The van der Waals surface area contributed by atoms with E-state index in [1.807, 2.05) is 18.3 Å². The highest BCUT2D eigenvalue weighted by Gasteiger charge is 2.21. The minimum absolute atomic E-state index is 0.671. The SMILES string of the molecule is Clc1ccc(CN2CCc3nc(C4=NCCCC4)ncc3C2)c(Cl)c1. The molecule has 130 valence electrons. The van der Waals surface area contributed by atoms with Crippen LogP contribution in [0, 0.1) is 0 Å². The first-order chi connectivity index (χ1) is 12.2. The number of benzene rings is 1. The number of aliphatic imine (C=N–C) groups is 1. The maximum Gasteiger partial charge on any atom is 0.173 e. The van der Waals surface area contributed by atoms with Crippen LogP contribution in [0.2, 0.25) is 10.0 Å². The number of halogens is 2. The Morgan fingerprint density at radius 2 is 2.04 bits per heavy atom. The Kier molecular flexibility index (Phi) is 5.02. The molecule has 3 heterocycles. The summed E-state index contributed by atoms with van der Waals surface area (Å²) in [6.07, 6.45) is 6.28. The van der Waals surface area contributed by atoms with Crippen molar-refractivity contribution in [3.8, 4) is 0 Å². The van der Waals surface area contributed by atoms with Crippen LogP contribution in [0.25, 0.3) is 0 Å². The van der Waals surface area contributed by atoms with Crippen molar-refractivity contribution in [2.45, 2.75) is 38.8 Å². The standard InChI is InChI=1S/C19H20Cl2N4/c20-15-5-4-13(16(21)9-15)11-25-8-6-17-14(12-25)10-23-19(24-17)18-3-1-2-7-22-18/h4-5,9-10H,1-3,6-8,11-12H2. The average Bonchev–Trinajstić information content (AvgIpc) is 2.64. The molecular formula is C19H20Cl2N4. The van der Waals surface area contributed by atoms with Gasteiger partial charge in [0.25, 0.3) is 0 Å². The first-order valence-corrected chi connectivity index (χ1v) is 9.49. The zero-order valence-electron chi connectivity index (χ0n) is 14.0. The Bertz CT molecular complexity index is 819. The molecule has 0 saturated carbocycles. The molecule has 0 radical (unpaired) electrons. The van der Waals surface area contributed by atoms with Crippen LogP contribution in [0.4, 0.5) is 0 Å². The molecule has 0 fully saturated rings. The van der Waals surface area contributed by atoms with E-state index in [9.17, 15) is 0 Å². The molecule has 0 aliphatic carbocycles. The van der Waals surface area contributed by atoms with Gasteiger partial charge in [-0.3, -0.25) is 9.89 Å². The van der Waals surface area contributed by atoms with E-state index in [4.69, 9.17) is 28.2 Å². The van der Waals surface area contributed by atoms with Crippen LogP contribution in [0.15, 0.2) is 29.4 Å². The van der Waals surface area contributed by atoms with Crippen molar-refractivity contribution < 1.29 is 0 Å². The van der Waals surface area contributed by atoms with Gasteiger partial charge >= 0.3 is 0 Å². The molecule has 2 aliphatic heterocycles. The number of hydrogen-bond acceptors (Lipinski definition) is 4. The quantitative estimate of drug-likeness (QED) is 0.803. The van der Waals surface area contributed by atoms with E-state index in [1.54, 1.807) is 6.07 Å². The van der Waals surface area contributed by atoms with Crippen molar-refractivity contribution in [2.75, 3.05) is 13.1 Å². The molecule has 0 saturated heterocycles. The average molecular weight is 375 g/mol. The second kappa shape index (κ2) is 7.40. The van der Waals surface area contributed by atoms with Crippen molar-refractivity contribution in [3.05, 3.63) is 57.1 Å². The van der Waals surface area contributed by atoms with Crippen molar-refractivity contribution in [1.82, 2.24) is 14.9 Å². The normalized spacial score (nSPS) is 17.9. The van der Waals surface area contributed by atoms with E-state index >= 15 is 0 Å². The number of hydrogen-bond donors (Lipinski definition) is 0. The molecule has 1 aromatic heterocycles. The van der Waals surface area contributed by atoms with Crippen LogP contribution in [0.3, 0.4) is 0 Å². The summed E-state index contributed by atoms with van der Waals surface area (Å²) in [4.78, 5) is 16.3. The van der Waals surface area contributed by atoms with Gasteiger partial charge < -0.3 is 0 Å². The van der Waals surface area contributed by atoms with Gasteiger partial charge in [0.15, 0.2) is 5.82 Å². The lowest BCUT2D eigenvalue weighted by molar-refractivity contribution is 0.243. The summed E-state index contributed by atoms with van der Waals surface area (Å²) >= 11 is 12.3. The molecule has 1 aromatic carbocycles. The van der Waals surface area contributed by atoms with Gasteiger partial charge in [0.2, 0.25) is 0 Å². The van der Waals surface area contributed by atoms with Crippen molar-refractivity contribution in [2.24, 2.45) is 4.99 Å². The zero-order chi connectivity index (χ0) is 17.2. The summed E-state index contributed by atoms with van der Waals surface area (Å²) in [5.41, 5.74) is 4.54. The Morgan fingerprint density at radius 1 is 1.12 bits per heavy atom. The van der Waals surface area contributed by atoms with E-state index in [0.29, 0.717) is 5.02 Å². The van der Waals surface area contributed by atoms with E-state index in [0.717, 1.165) is 66.8 Å². The maximum atomic E-state index is 6.31. The van der Waals surface area contributed by atoms with Crippen LogP contribution >= 0.6 is 23.2 Å². The molecule has 6 heteroatoms. The lowest BCUT2D eigenvalue weighted by atomic mass is 10.0. The predicted octanol–water partition coefficient (Wildman–Crippen LogP) is 4.31. The Balaban J connectivity index is 1.49. The molecule has 0 unspecified atom stereocenters. The molecule has 0 atom stereocenters. The number of aromatic nitrogens is 2. The number of fused-ring (bicyclic) bond motifs is 1. The van der Waals surface area contributed by atoms with Crippen molar-refractivity contribution in [1.29, 1.82) is 0 Å². The van der Waals surface area contributed by atoms with Crippen molar-refractivity contribution in [3.63, 3.8) is 0 Å². The summed E-state index contributed by atoms with van der Waals surface area (Å²) < 4.78 is 0. The minimum atomic E-state index is 0.671. The number of rotatable bonds is 3. The van der Waals surface area contributed by atoms with Crippen LogP contribution in [0.5, 0.6) is 0 Å². The summed E-state index contributed by atoms with van der Waals surface area (Å²) in [7, 11) is 0. The fraction of sp³-hybridized carbons (Fsp3) is 0.421. The molecule has 25 heavy (non-hydrogen) atoms. The Hall–Kier alpha value is -1.49. The molecule has 2 aliphatic rings. The Morgan fingerprint density at radius 3 is 2.84 bits per heavy atom. The van der Waals surface area contributed by atoms with Gasteiger partial charge in [-0.15, -0.1) is 0 Å². The van der Waals surface area contributed by atoms with Gasteiger partial charge in [-0.1, -0.05) is 29.3 Å². The molecule has 4 nitrogen and oxygen atoms in total. The minimum Gasteiger partial charge on any atom is -0.294 e. The lowest BCUT2D eigenvalue weighted by Crippen LogP contribution is -2.31. The molecule has 0 N–H and O–H groups in total. The molecular weight excluding hydrogens is 355 g/mol. The van der Waals surface area contributed by atoms with E-state index in [1.165, 1.54) is 18.4 Å². The smallest absolute Gasteiger partial charge is 0.173 e. The third kappa shape index (κ3) is 3.86. The van der Waals surface area contributed by atoms with Gasteiger partial charge in [-0.2, -0.15) is 0 Å². The van der Waals surface area contributed by atoms with E-state index < -0.39 is 0 Å². The third-order valence-electron chi connectivity index (χ3n) is 4.80. The fourth-order valence-electron chi connectivity index (χ4n) is 3.42. The van der Waals surface area contributed by atoms with Crippen LogP contribution in [-0.2, 0) is 19.5 Å². The first kappa shape index (κ1) is 17.0. The highest BCUT2D eigenvalue weighted by atomic mass is 35.5. The lowest BCUT2D eigenvalue weighted by Gasteiger charge is -2.28. The monoisotopic (exact) mass is 374 g/mol. The predicted molar refractivity (Wildman–Crippen MR) is 102 cm³/mol. The van der Waals surface area contributed by atoms with Gasteiger partial charge in [-0.25, -0.2) is 9.97 Å². The molecule has 0 spiro atoms. The van der Waals surface area contributed by atoms with Gasteiger partial charge in [0.1, 0.15) is 0 Å². The van der Waals surface area contributed by atoms with Crippen LogP contribution in [0.1, 0.15) is 41.9 Å². The second-order valence-corrected chi connectivity index (χ2v) is 7.49. The van der Waals surface area contributed by atoms with Gasteiger partial charge in [0, 0.05) is 54.4 Å². The van der Waals surface area contributed by atoms with Crippen LogP contribution in [-0.4, -0.2) is 33.7 Å². The summed E-state index contributed by atoms with van der Waals surface area (Å²) in [5, 5.41) is 1.39. The van der Waals surface area contributed by atoms with Crippen LogP contribution < -0.4 is 0 Å². The molecule has 0 bridgehead atoms. The highest BCUT2D eigenvalue weighted by Crippen LogP contribution is 2.25. The topological polar surface area (TPSA) is 41.4 Å². The summed E-state index contributed by atoms with van der Waals surface area (Å²) in [6, 6.07) is 5.69. The molecule has 0 amide bonds. The summed E-state index contributed by atoms with van der Waals surface area (Å²) in [5.74, 6) is 0.827. The number of nitrogens with zero attached hydrogens (tertiary/aromatic N) is 4. The Labute approximate surface area is 157 Å². The third-order valence-corrected chi connectivity index (χ3v) is 5.39. The summed E-state index contributed by atoms with van der Waals surface area (Å²) in [6.45, 7) is 3.53. The second-order valence-electron chi connectivity index (χ2n) is 6.65. The van der Waals surface area contributed by atoms with E-state index in [-0.39, 0.29) is 0 Å². The van der Waals surface area contributed by atoms with Gasteiger partial charge in [-0.05, 0) is 37.0 Å². The molecule has 4 rings (SSSR count). The molecule has 2 aromatic rings. The largest absolute Gasteiger partial charge is 0.294 e. The van der Waals surface area contributed by atoms with Crippen molar-refractivity contribution >= 4 is 28.9 Å². The van der Waals surface area contributed by atoms with Gasteiger partial charge in [0.05, 0.1) is 11.4 Å². The maximum absolute atomic E-state index is 6.31. The van der Waals surface area contributed by atoms with E-state index in [2.05, 4.69) is 14.9 Å².